The van der Waals surface area contributed by atoms with Crippen molar-refractivity contribution in [1.82, 2.24) is 0 Å². The lowest BCUT2D eigenvalue weighted by Crippen LogP contribution is -2.08. The highest BCUT2D eigenvalue weighted by molar-refractivity contribution is 7.87. The third-order valence-electron chi connectivity index (χ3n) is 10.2. The van der Waals surface area contributed by atoms with Crippen LogP contribution in [0.25, 0.3) is 10.8 Å². The Bertz CT molecular complexity index is 3640. The predicted octanol–water partition coefficient (Wildman–Crippen LogP) is 12.2. The van der Waals surface area contributed by atoms with Gasteiger partial charge >= 0.3 is 0 Å². The number of fused-ring (bicyclic) bond motifs is 1. The van der Waals surface area contributed by atoms with Crippen molar-refractivity contribution in [1.29, 1.82) is 0 Å². The quantitative estimate of drug-likeness (QED) is 0.0241. The SMILES string of the molecule is Cc1cc(N=Nc2cc(C)c(N=Nc3c(S(=O)(=O)O)cc4cc(NCOc5ccc(N)cc5)ccc4c3O)cc2C)ccc1N=Nc1ccc(N=Nc2ccc(S(=O)(=O)O)cc2S(=O)(=O)O)c(C)c1. The van der Waals surface area contributed by atoms with Crippen molar-refractivity contribution in [2.75, 3.05) is 17.8 Å². The molecule has 24 heteroatoms. The number of aryl methyl sites for hydroxylation is 4. The zero-order valence-electron chi connectivity index (χ0n) is 36.7. The fourth-order valence-corrected chi connectivity index (χ4v) is 8.42. The van der Waals surface area contributed by atoms with E-state index < -0.39 is 56.5 Å². The van der Waals surface area contributed by atoms with Crippen molar-refractivity contribution in [3.8, 4) is 11.5 Å². The molecular weight excluding hydrogens is 953 g/mol. The van der Waals surface area contributed by atoms with Gasteiger partial charge in [-0.1, -0.05) is 0 Å². The van der Waals surface area contributed by atoms with Gasteiger partial charge in [0.05, 0.1) is 39.0 Å². The maximum Gasteiger partial charge on any atom is 0.296 e. The number of nitrogen functional groups attached to an aromatic ring is 1. The van der Waals surface area contributed by atoms with E-state index in [4.69, 9.17) is 10.5 Å². The van der Waals surface area contributed by atoms with Crippen LogP contribution in [0.15, 0.2) is 171 Å². The summed E-state index contributed by atoms with van der Waals surface area (Å²) in [7, 11) is -14.6. The molecule has 21 nitrogen and oxygen atoms in total. The Morgan fingerprint density at radius 1 is 0.507 bits per heavy atom. The Morgan fingerprint density at radius 2 is 1.01 bits per heavy atom. The maximum atomic E-state index is 12.5. The fraction of sp³-hybridized carbons (Fsp3) is 0.111. The normalized spacial score (nSPS) is 12.6. The van der Waals surface area contributed by atoms with Gasteiger partial charge in [-0.2, -0.15) is 55.9 Å². The number of benzene rings is 7. The van der Waals surface area contributed by atoms with Crippen molar-refractivity contribution < 1.29 is 48.8 Å². The molecule has 0 fully saturated rings. The molecular formula is C45H40N10O11S3. The van der Waals surface area contributed by atoms with Gasteiger partial charge < -0.3 is 20.9 Å². The maximum absolute atomic E-state index is 12.5. The van der Waals surface area contributed by atoms with Gasteiger partial charge in [0.15, 0.2) is 12.5 Å². The molecule has 69 heavy (non-hydrogen) atoms. The molecule has 7 rings (SSSR count). The molecule has 0 saturated heterocycles. The van der Waals surface area contributed by atoms with E-state index in [1.54, 1.807) is 112 Å². The first-order valence-electron chi connectivity index (χ1n) is 20.1. The molecule has 0 radical (unpaired) electrons. The monoisotopic (exact) mass is 992 g/mol. The van der Waals surface area contributed by atoms with Crippen molar-refractivity contribution in [2.45, 2.75) is 42.4 Å². The topological polar surface area (TPSA) is 330 Å². The Kier molecular flexibility index (Phi) is 14.1. The summed E-state index contributed by atoms with van der Waals surface area (Å²) in [5, 5.41) is 48.5. The highest BCUT2D eigenvalue weighted by Gasteiger charge is 2.23. The van der Waals surface area contributed by atoms with Crippen LogP contribution in [0.4, 0.5) is 56.9 Å². The van der Waals surface area contributed by atoms with Gasteiger partial charge in [0.25, 0.3) is 30.4 Å². The smallest absolute Gasteiger partial charge is 0.296 e. The predicted molar refractivity (Wildman–Crippen MR) is 256 cm³/mol. The first kappa shape index (κ1) is 49.0. The molecule has 354 valence electrons. The van der Waals surface area contributed by atoms with Crippen LogP contribution in [0.5, 0.6) is 11.5 Å². The van der Waals surface area contributed by atoms with E-state index in [1.165, 1.54) is 6.07 Å². The van der Waals surface area contributed by atoms with Crippen LogP contribution in [-0.4, -0.2) is 50.7 Å². The first-order valence-corrected chi connectivity index (χ1v) is 24.4. The lowest BCUT2D eigenvalue weighted by Gasteiger charge is -2.12. The molecule has 7 aromatic rings. The van der Waals surface area contributed by atoms with Crippen LogP contribution in [0, 0.1) is 27.7 Å². The van der Waals surface area contributed by atoms with Gasteiger partial charge in [-0.05, 0) is 171 Å². The molecule has 0 amide bonds. The Morgan fingerprint density at radius 3 is 1.57 bits per heavy atom. The third kappa shape index (κ3) is 12.0. The number of ether oxygens (including phenoxy) is 1. The fourth-order valence-electron chi connectivity index (χ4n) is 6.53. The van der Waals surface area contributed by atoms with Crippen molar-refractivity contribution in [2.24, 2.45) is 40.9 Å². The van der Waals surface area contributed by atoms with Crippen LogP contribution in [0.1, 0.15) is 22.3 Å². The van der Waals surface area contributed by atoms with E-state index in [2.05, 4.69) is 46.2 Å². The number of anilines is 2. The van der Waals surface area contributed by atoms with Crippen LogP contribution in [0.3, 0.4) is 0 Å². The molecule has 0 saturated carbocycles. The number of aromatic hydroxyl groups is 1. The van der Waals surface area contributed by atoms with Crippen molar-refractivity contribution >= 4 is 98.0 Å². The summed E-state index contributed by atoms with van der Waals surface area (Å²) in [6.07, 6.45) is 0. The molecule has 7 N–H and O–H groups in total. The largest absolute Gasteiger partial charge is 0.505 e. The number of phenolic OH excluding ortho intramolecular Hbond substituents is 1. The van der Waals surface area contributed by atoms with Gasteiger partial charge in [-0.25, -0.2) is 0 Å². The average molecular weight is 993 g/mol. The van der Waals surface area contributed by atoms with Gasteiger partial charge in [0, 0.05) is 16.8 Å². The molecule has 0 atom stereocenters. The third-order valence-corrected chi connectivity index (χ3v) is 12.8. The molecule has 0 heterocycles. The lowest BCUT2D eigenvalue weighted by molar-refractivity contribution is 0.347. The molecule has 0 spiro atoms. The number of rotatable bonds is 15. The number of nitrogens with zero attached hydrogens (tertiary/aromatic N) is 8. The number of phenols is 1. The lowest BCUT2D eigenvalue weighted by atomic mass is 10.1. The first-order chi connectivity index (χ1) is 32.5. The highest BCUT2D eigenvalue weighted by Crippen LogP contribution is 2.43. The van der Waals surface area contributed by atoms with Crippen LogP contribution in [-0.2, 0) is 30.4 Å². The zero-order valence-corrected chi connectivity index (χ0v) is 39.2. The molecule has 0 unspecified atom stereocenters. The summed E-state index contributed by atoms with van der Waals surface area (Å²) in [6, 6.07) is 28.6. The molecule has 0 bridgehead atoms. The number of hydrogen-bond donors (Lipinski definition) is 6. The number of azo groups is 4. The summed E-state index contributed by atoms with van der Waals surface area (Å²) in [5.41, 5.74) is 11.3. The summed E-state index contributed by atoms with van der Waals surface area (Å²) < 4.78 is 106. The van der Waals surface area contributed by atoms with Crippen LogP contribution >= 0.6 is 0 Å². The highest BCUT2D eigenvalue weighted by atomic mass is 32.2. The summed E-state index contributed by atoms with van der Waals surface area (Å²) in [4.78, 5) is -2.26. The number of hydrogen-bond acceptors (Lipinski definition) is 18. The minimum Gasteiger partial charge on any atom is -0.505 e. The number of nitrogens with two attached hydrogens (primary N) is 1. The second-order valence-corrected chi connectivity index (χ2v) is 19.5. The van der Waals surface area contributed by atoms with E-state index in [0.717, 1.165) is 17.7 Å². The Balaban J connectivity index is 1.03. The molecule has 0 aliphatic carbocycles. The van der Waals surface area contributed by atoms with E-state index >= 15 is 0 Å². The van der Waals surface area contributed by atoms with E-state index in [-0.39, 0.29) is 17.8 Å². The van der Waals surface area contributed by atoms with Gasteiger partial charge in [-0.3, -0.25) is 13.7 Å². The second-order valence-electron chi connectivity index (χ2n) is 15.3. The summed E-state index contributed by atoms with van der Waals surface area (Å²) >= 11 is 0. The van der Waals surface area contributed by atoms with Crippen molar-refractivity contribution in [3.05, 3.63) is 138 Å². The van der Waals surface area contributed by atoms with E-state index in [0.29, 0.717) is 79.4 Å². The van der Waals surface area contributed by atoms with Crippen LogP contribution < -0.4 is 15.8 Å². The van der Waals surface area contributed by atoms with E-state index in [1.807, 2.05) is 6.92 Å². The molecule has 0 aliphatic rings. The average Bonchev–Trinajstić information content (AvgIpc) is 3.28. The molecule has 0 aliphatic heterocycles. The molecule has 0 aromatic heterocycles. The minimum atomic E-state index is -4.93. The van der Waals surface area contributed by atoms with Crippen LogP contribution in [0.2, 0.25) is 0 Å². The number of nitrogens with one attached hydrogen (secondary N) is 1. The van der Waals surface area contributed by atoms with Gasteiger partial charge in [0.1, 0.15) is 26.9 Å². The minimum absolute atomic E-state index is 0.0715. The Hall–Kier alpha value is -7.87. The van der Waals surface area contributed by atoms with E-state index in [9.17, 15) is 44.0 Å². The summed E-state index contributed by atoms with van der Waals surface area (Å²) in [5.74, 6) is 0.0755. The second kappa shape index (κ2) is 19.8. The summed E-state index contributed by atoms with van der Waals surface area (Å²) in [6.45, 7) is 7.10. The standard InChI is InChI=1S/C45H40N10O11S3/c1-25-17-33(8-14-37(25)50-48-32-9-15-38(26(2)18-32)51-52-39-16-12-35(67(57,58)59)23-42(39)68(60,61)62)49-53-40-19-28(4)41(20-27(40)3)54-55-44-43(69(63,64)65)22-29-21-31(7-13-36(29)45(44)56)47-24-66-34-10-5-30(46)6-11-34/h5-23,47,56H,24,46H2,1-4H3,(H,57,58,59)(H,60,61,62)(H,63,64,65). The van der Waals surface area contributed by atoms with Gasteiger partial charge in [0.2, 0.25) is 0 Å². The molecule has 7 aromatic carbocycles. The van der Waals surface area contributed by atoms with Crippen molar-refractivity contribution in [3.63, 3.8) is 0 Å². The zero-order chi connectivity index (χ0) is 49.8. The Labute approximate surface area is 395 Å². The van der Waals surface area contributed by atoms with Gasteiger partial charge in [-0.15, -0.1) is 10.2 Å².